The van der Waals surface area contributed by atoms with Gasteiger partial charge in [-0.2, -0.15) is 0 Å². The van der Waals surface area contributed by atoms with Crippen molar-refractivity contribution in [3.63, 3.8) is 0 Å². The van der Waals surface area contributed by atoms with Crippen molar-refractivity contribution in [3.8, 4) is 0 Å². The normalized spacial score (nSPS) is 22.7. The fraction of sp³-hybridized carbons (Fsp3) is 0.667. The number of benzene rings is 1. The van der Waals surface area contributed by atoms with Gasteiger partial charge in [-0.05, 0) is 49.9 Å². The average Bonchev–Trinajstić information content (AvgIpc) is 2.53. The van der Waals surface area contributed by atoms with Crippen molar-refractivity contribution in [1.82, 2.24) is 10.2 Å². The molecule has 3 heteroatoms. The molecule has 0 bridgehead atoms. The molecule has 0 aliphatic heterocycles. The lowest BCUT2D eigenvalue weighted by Crippen LogP contribution is -2.37. The van der Waals surface area contributed by atoms with E-state index in [9.17, 15) is 0 Å². The van der Waals surface area contributed by atoms with Crippen LogP contribution < -0.4 is 11.1 Å². The summed E-state index contributed by atoms with van der Waals surface area (Å²) < 4.78 is 0. The van der Waals surface area contributed by atoms with E-state index in [0.29, 0.717) is 12.1 Å². The van der Waals surface area contributed by atoms with Crippen LogP contribution in [0.25, 0.3) is 0 Å². The van der Waals surface area contributed by atoms with Crippen LogP contribution in [0.1, 0.15) is 50.7 Å². The van der Waals surface area contributed by atoms with Crippen LogP contribution in [0, 0.1) is 0 Å². The van der Waals surface area contributed by atoms with Crippen LogP contribution in [0.3, 0.4) is 0 Å². The van der Waals surface area contributed by atoms with E-state index in [1.165, 1.54) is 36.8 Å². The van der Waals surface area contributed by atoms with E-state index < -0.39 is 0 Å². The lowest BCUT2D eigenvalue weighted by molar-refractivity contribution is 0.294. The molecule has 0 radical (unpaired) electrons. The Kier molecular flexibility index (Phi) is 6.68. The largest absolute Gasteiger partial charge is 0.328 e. The average molecular weight is 289 g/mol. The van der Waals surface area contributed by atoms with Crippen molar-refractivity contribution in [2.75, 3.05) is 13.1 Å². The molecule has 1 fully saturated rings. The predicted octanol–water partition coefficient (Wildman–Crippen LogP) is 2.89. The number of nitrogens with one attached hydrogen (secondary N) is 1. The van der Waals surface area contributed by atoms with Crippen molar-refractivity contribution in [1.29, 1.82) is 0 Å². The number of hydrogen-bond acceptors (Lipinski definition) is 3. The van der Waals surface area contributed by atoms with Crippen molar-refractivity contribution in [3.05, 3.63) is 35.4 Å². The zero-order valence-corrected chi connectivity index (χ0v) is 13.6. The van der Waals surface area contributed by atoms with Crippen LogP contribution in [0.4, 0.5) is 0 Å². The Morgan fingerprint density at radius 1 is 1.05 bits per heavy atom. The fourth-order valence-corrected chi connectivity index (χ4v) is 3.15. The molecule has 0 saturated heterocycles. The first kappa shape index (κ1) is 16.5. The van der Waals surface area contributed by atoms with Gasteiger partial charge in [-0.3, -0.25) is 4.90 Å². The minimum Gasteiger partial charge on any atom is -0.328 e. The van der Waals surface area contributed by atoms with Gasteiger partial charge < -0.3 is 11.1 Å². The third-order valence-electron chi connectivity index (χ3n) is 4.76. The second kappa shape index (κ2) is 8.52. The summed E-state index contributed by atoms with van der Waals surface area (Å²) in [4.78, 5) is 2.47. The van der Waals surface area contributed by atoms with Gasteiger partial charge in [-0.1, -0.05) is 38.1 Å². The standard InChI is InChI=1S/C18H31N3/c1-3-21(4-2)14-16-8-6-5-7-15(16)13-20-18-11-9-17(19)10-12-18/h5-8,17-18,20H,3-4,9-14,19H2,1-2H3. The molecule has 0 aromatic heterocycles. The molecule has 21 heavy (non-hydrogen) atoms. The highest BCUT2D eigenvalue weighted by molar-refractivity contribution is 5.27. The van der Waals surface area contributed by atoms with E-state index in [0.717, 1.165) is 26.2 Å². The summed E-state index contributed by atoms with van der Waals surface area (Å²) in [7, 11) is 0. The van der Waals surface area contributed by atoms with Gasteiger partial charge in [-0.25, -0.2) is 0 Å². The van der Waals surface area contributed by atoms with Crippen molar-refractivity contribution >= 4 is 0 Å². The molecule has 1 aromatic carbocycles. The van der Waals surface area contributed by atoms with Gasteiger partial charge in [0, 0.05) is 25.2 Å². The maximum Gasteiger partial charge on any atom is 0.0236 e. The number of hydrogen-bond donors (Lipinski definition) is 2. The van der Waals surface area contributed by atoms with Crippen molar-refractivity contribution in [2.24, 2.45) is 5.73 Å². The highest BCUT2D eigenvalue weighted by Gasteiger charge is 2.18. The first-order chi connectivity index (χ1) is 10.2. The molecule has 1 aliphatic rings. The van der Waals surface area contributed by atoms with Crippen molar-refractivity contribution in [2.45, 2.75) is 64.7 Å². The molecule has 1 aromatic rings. The maximum atomic E-state index is 5.98. The number of rotatable bonds is 7. The maximum absolute atomic E-state index is 5.98. The Labute approximate surface area is 129 Å². The molecule has 0 amide bonds. The predicted molar refractivity (Wildman–Crippen MR) is 90.1 cm³/mol. The Hall–Kier alpha value is -0.900. The lowest BCUT2D eigenvalue weighted by Gasteiger charge is -2.27. The molecular formula is C18H31N3. The van der Waals surface area contributed by atoms with Gasteiger partial charge in [-0.15, -0.1) is 0 Å². The minimum absolute atomic E-state index is 0.429. The van der Waals surface area contributed by atoms with Crippen LogP contribution in [-0.2, 0) is 13.1 Å². The summed E-state index contributed by atoms with van der Waals surface area (Å²) in [6.45, 7) is 8.72. The molecule has 0 heterocycles. The van der Waals surface area contributed by atoms with E-state index in [2.05, 4.69) is 48.3 Å². The fourth-order valence-electron chi connectivity index (χ4n) is 3.15. The van der Waals surface area contributed by atoms with Crippen LogP contribution in [0.15, 0.2) is 24.3 Å². The Balaban J connectivity index is 1.90. The second-order valence-corrected chi connectivity index (χ2v) is 6.22. The monoisotopic (exact) mass is 289 g/mol. The summed E-state index contributed by atoms with van der Waals surface area (Å²) in [6, 6.07) is 9.91. The Morgan fingerprint density at radius 2 is 1.67 bits per heavy atom. The molecular weight excluding hydrogens is 258 g/mol. The zero-order chi connectivity index (χ0) is 15.1. The summed E-state index contributed by atoms with van der Waals surface area (Å²) in [5, 5.41) is 3.73. The molecule has 1 aliphatic carbocycles. The van der Waals surface area contributed by atoms with Crippen molar-refractivity contribution < 1.29 is 0 Å². The van der Waals surface area contributed by atoms with E-state index >= 15 is 0 Å². The Bertz CT molecular complexity index is 407. The van der Waals surface area contributed by atoms with Gasteiger partial charge in [0.15, 0.2) is 0 Å². The first-order valence-electron chi connectivity index (χ1n) is 8.51. The van der Waals surface area contributed by atoms with Crippen LogP contribution in [0.5, 0.6) is 0 Å². The molecule has 0 unspecified atom stereocenters. The van der Waals surface area contributed by atoms with Crippen LogP contribution in [-0.4, -0.2) is 30.1 Å². The first-order valence-corrected chi connectivity index (χ1v) is 8.51. The van der Waals surface area contributed by atoms with E-state index in [-0.39, 0.29) is 0 Å². The third kappa shape index (κ3) is 5.10. The van der Waals surface area contributed by atoms with Gasteiger partial charge in [0.2, 0.25) is 0 Å². The molecule has 0 atom stereocenters. The van der Waals surface area contributed by atoms with Gasteiger partial charge >= 0.3 is 0 Å². The van der Waals surface area contributed by atoms with Gasteiger partial charge in [0.05, 0.1) is 0 Å². The summed E-state index contributed by atoms with van der Waals surface area (Å²) in [6.07, 6.45) is 4.77. The SMILES string of the molecule is CCN(CC)Cc1ccccc1CNC1CCC(N)CC1. The number of nitrogens with zero attached hydrogens (tertiary/aromatic N) is 1. The zero-order valence-electron chi connectivity index (χ0n) is 13.6. The highest BCUT2D eigenvalue weighted by atomic mass is 15.1. The summed E-state index contributed by atoms with van der Waals surface area (Å²) in [5.74, 6) is 0. The van der Waals surface area contributed by atoms with E-state index in [1.807, 2.05) is 0 Å². The quantitative estimate of drug-likeness (QED) is 0.811. The summed E-state index contributed by atoms with van der Waals surface area (Å²) in [5.41, 5.74) is 8.88. The third-order valence-corrected chi connectivity index (χ3v) is 4.76. The highest BCUT2D eigenvalue weighted by Crippen LogP contribution is 2.18. The second-order valence-electron chi connectivity index (χ2n) is 6.22. The lowest BCUT2D eigenvalue weighted by atomic mass is 9.91. The molecule has 118 valence electrons. The topological polar surface area (TPSA) is 41.3 Å². The number of nitrogens with two attached hydrogens (primary N) is 1. The van der Waals surface area contributed by atoms with Gasteiger partial charge in [0.25, 0.3) is 0 Å². The molecule has 2 rings (SSSR count). The molecule has 0 spiro atoms. The van der Waals surface area contributed by atoms with E-state index in [1.54, 1.807) is 0 Å². The molecule has 3 N–H and O–H groups in total. The van der Waals surface area contributed by atoms with E-state index in [4.69, 9.17) is 5.73 Å². The van der Waals surface area contributed by atoms with Gasteiger partial charge in [0.1, 0.15) is 0 Å². The Morgan fingerprint density at radius 3 is 2.29 bits per heavy atom. The smallest absolute Gasteiger partial charge is 0.0236 e. The summed E-state index contributed by atoms with van der Waals surface area (Å²) >= 11 is 0. The van der Waals surface area contributed by atoms with Crippen LogP contribution >= 0.6 is 0 Å². The minimum atomic E-state index is 0.429. The molecule has 3 nitrogen and oxygen atoms in total. The molecule has 1 saturated carbocycles. The van der Waals surface area contributed by atoms with Crippen LogP contribution in [0.2, 0.25) is 0 Å².